The van der Waals surface area contributed by atoms with Crippen molar-refractivity contribution in [3.05, 3.63) is 71.8 Å². The van der Waals surface area contributed by atoms with Crippen molar-refractivity contribution in [3.63, 3.8) is 0 Å². The van der Waals surface area contributed by atoms with Gasteiger partial charge < -0.3 is 10.0 Å². The van der Waals surface area contributed by atoms with Gasteiger partial charge in [0.1, 0.15) is 5.75 Å². The molecule has 0 unspecified atom stereocenters. The molecule has 2 heteroatoms. The molecule has 0 aliphatic carbocycles. The summed E-state index contributed by atoms with van der Waals surface area (Å²) >= 11 is 0. The third-order valence-corrected chi connectivity index (χ3v) is 3.85. The molecule has 3 aromatic rings. The van der Waals surface area contributed by atoms with E-state index in [9.17, 15) is 5.11 Å². The van der Waals surface area contributed by atoms with Crippen LogP contribution in [0.1, 0.15) is 11.1 Å². The Hall–Kier alpha value is -2.48. The number of hydrogen-bond acceptors (Lipinski definition) is 2. The van der Waals surface area contributed by atoms with Gasteiger partial charge in [0, 0.05) is 24.8 Å². The quantitative estimate of drug-likeness (QED) is 0.762. The predicted molar refractivity (Wildman–Crippen MR) is 88.9 cm³/mol. The summed E-state index contributed by atoms with van der Waals surface area (Å²) in [5.41, 5.74) is 3.36. The summed E-state index contributed by atoms with van der Waals surface area (Å²) in [6, 6.07) is 20.3. The van der Waals surface area contributed by atoms with E-state index in [1.807, 2.05) is 18.2 Å². The second-order valence-corrected chi connectivity index (χ2v) is 5.48. The van der Waals surface area contributed by atoms with Gasteiger partial charge in [-0.15, -0.1) is 0 Å². The van der Waals surface area contributed by atoms with E-state index >= 15 is 0 Å². The zero-order valence-corrected chi connectivity index (χ0v) is 12.4. The van der Waals surface area contributed by atoms with Gasteiger partial charge in [0.15, 0.2) is 0 Å². The molecule has 0 bridgehead atoms. The monoisotopic (exact) mass is 277 g/mol. The third-order valence-electron chi connectivity index (χ3n) is 3.85. The fraction of sp³-hybridized carbons (Fsp3) is 0.158. The Balaban J connectivity index is 1.99. The minimum Gasteiger partial charge on any atom is -0.508 e. The Morgan fingerprint density at radius 2 is 1.76 bits per heavy atom. The highest BCUT2D eigenvalue weighted by molar-refractivity contribution is 5.87. The molecule has 0 atom stereocenters. The molecule has 3 aromatic carbocycles. The van der Waals surface area contributed by atoms with Crippen molar-refractivity contribution in [3.8, 4) is 5.75 Å². The highest BCUT2D eigenvalue weighted by atomic mass is 16.3. The lowest BCUT2D eigenvalue weighted by atomic mass is 10.0. The van der Waals surface area contributed by atoms with Crippen LogP contribution in [0.2, 0.25) is 0 Å². The van der Waals surface area contributed by atoms with Crippen molar-refractivity contribution in [2.24, 2.45) is 0 Å². The first-order valence-electron chi connectivity index (χ1n) is 7.12. The van der Waals surface area contributed by atoms with Gasteiger partial charge in [0.2, 0.25) is 0 Å². The zero-order valence-electron chi connectivity index (χ0n) is 12.4. The highest BCUT2D eigenvalue weighted by Crippen LogP contribution is 2.29. The lowest BCUT2D eigenvalue weighted by Crippen LogP contribution is -2.16. The van der Waals surface area contributed by atoms with Crippen molar-refractivity contribution in [1.82, 2.24) is 0 Å². The Labute approximate surface area is 125 Å². The molecule has 0 fully saturated rings. The molecule has 0 aliphatic heterocycles. The number of aryl methyl sites for hydroxylation is 1. The zero-order chi connectivity index (χ0) is 14.8. The number of benzene rings is 3. The van der Waals surface area contributed by atoms with Gasteiger partial charge in [-0.25, -0.2) is 0 Å². The number of aromatic hydroxyl groups is 1. The Bertz CT molecular complexity index is 779. The SMILES string of the molecule is Cc1cccc(N(C)Cc2c(O)ccc3ccccc23)c1. The lowest BCUT2D eigenvalue weighted by Gasteiger charge is -2.21. The molecule has 0 spiro atoms. The fourth-order valence-corrected chi connectivity index (χ4v) is 2.68. The second-order valence-electron chi connectivity index (χ2n) is 5.48. The topological polar surface area (TPSA) is 23.5 Å². The number of nitrogens with zero attached hydrogens (tertiary/aromatic N) is 1. The minimum atomic E-state index is 0.355. The highest BCUT2D eigenvalue weighted by Gasteiger charge is 2.10. The van der Waals surface area contributed by atoms with E-state index in [4.69, 9.17) is 0 Å². The Morgan fingerprint density at radius 1 is 0.952 bits per heavy atom. The van der Waals surface area contributed by atoms with Crippen molar-refractivity contribution >= 4 is 16.5 Å². The second kappa shape index (κ2) is 5.49. The number of rotatable bonds is 3. The van der Waals surface area contributed by atoms with E-state index < -0.39 is 0 Å². The Morgan fingerprint density at radius 3 is 2.57 bits per heavy atom. The number of phenolic OH excluding ortho intramolecular Hbond substituents is 1. The van der Waals surface area contributed by atoms with Gasteiger partial charge >= 0.3 is 0 Å². The molecular formula is C19H19NO. The molecule has 0 heterocycles. The average molecular weight is 277 g/mol. The molecular weight excluding hydrogens is 258 g/mol. The molecule has 106 valence electrons. The van der Waals surface area contributed by atoms with E-state index in [1.54, 1.807) is 6.07 Å². The summed E-state index contributed by atoms with van der Waals surface area (Å²) in [5.74, 6) is 0.355. The van der Waals surface area contributed by atoms with Gasteiger partial charge in [0.05, 0.1) is 0 Å². The van der Waals surface area contributed by atoms with Gasteiger partial charge in [-0.05, 0) is 41.5 Å². The first kappa shape index (κ1) is 13.5. The van der Waals surface area contributed by atoms with E-state index in [-0.39, 0.29) is 0 Å². The standard InChI is InChI=1S/C19H19NO/c1-14-6-5-8-16(12-14)20(2)13-18-17-9-4-3-7-15(17)10-11-19(18)21/h3-12,21H,13H2,1-2H3. The first-order valence-corrected chi connectivity index (χ1v) is 7.12. The van der Waals surface area contributed by atoms with Crippen LogP contribution in [-0.2, 0) is 6.54 Å². The summed E-state index contributed by atoms with van der Waals surface area (Å²) in [6.45, 7) is 2.77. The maximum absolute atomic E-state index is 10.2. The third kappa shape index (κ3) is 2.70. The van der Waals surface area contributed by atoms with Crippen LogP contribution in [0, 0.1) is 6.92 Å². The molecule has 1 N–H and O–H groups in total. The number of phenols is 1. The van der Waals surface area contributed by atoms with Crippen LogP contribution in [0.25, 0.3) is 10.8 Å². The maximum atomic E-state index is 10.2. The largest absolute Gasteiger partial charge is 0.508 e. The van der Waals surface area contributed by atoms with Crippen LogP contribution < -0.4 is 4.90 Å². The minimum absolute atomic E-state index is 0.355. The average Bonchev–Trinajstić information content (AvgIpc) is 2.50. The number of hydrogen-bond donors (Lipinski definition) is 1. The van der Waals surface area contributed by atoms with E-state index in [1.165, 1.54) is 5.56 Å². The van der Waals surface area contributed by atoms with E-state index in [0.29, 0.717) is 12.3 Å². The molecule has 21 heavy (non-hydrogen) atoms. The van der Waals surface area contributed by atoms with Crippen LogP contribution in [0.4, 0.5) is 5.69 Å². The van der Waals surface area contributed by atoms with E-state index in [0.717, 1.165) is 22.0 Å². The van der Waals surface area contributed by atoms with Crippen LogP contribution >= 0.6 is 0 Å². The normalized spacial score (nSPS) is 10.8. The van der Waals surface area contributed by atoms with Gasteiger partial charge in [-0.3, -0.25) is 0 Å². The van der Waals surface area contributed by atoms with Crippen LogP contribution in [0.15, 0.2) is 60.7 Å². The fourth-order valence-electron chi connectivity index (χ4n) is 2.68. The number of anilines is 1. The summed E-state index contributed by atoms with van der Waals surface area (Å²) in [5, 5.41) is 12.5. The van der Waals surface area contributed by atoms with E-state index in [2.05, 4.69) is 55.3 Å². The smallest absolute Gasteiger partial charge is 0.121 e. The first-order chi connectivity index (χ1) is 10.1. The summed E-state index contributed by atoms with van der Waals surface area (Å²) in [7, 11) is 2.05. The Kier molecular flexibility index (Phi) is 3.53. The molecule has 0 aromatic heterocycles. The molecule has 0 amide bonds. The molecule has 3 rings (SSSR count). The molecule has 0 saturated heterocycles. The van der Waals surface area contributed by atoms with Crippen molar-refractivity contribution in [1.29, 1.82) is 0 Å². The van der Waals surface area contributed by atoms with Crippen LogP contribution in [0.3, 0.4) is 0 Å². The molecule has 0 saturated carbocycles. The maximum Gasteiger partial charge on any atom is 0.121 e. The van der Waals surface area contributed by atoms with Crippen LogP contribution in [-0.4, -0.2) is 12.2 Å². The van der Waals surface area contributed by atoms with Crippen molar-refractivity contribution < 1.29 is 5.11 Å². The summed E-state index contributed by atoms with van der Waals surface area (Å²) in [6.07, 6.45) is 0. The summed E-state index contributed by atoms with van der Waals surface area (Å²) < 4.78 is 0. The van der Waals surface area contributed by atoms with Crippen molar-refractivity contribution in [2.45, 2.75) is 13.5 Å². The van der Waals surface area contributed by atoms with Gasteiger partial charge in [0.25, 0.3) is 0 Å². The lowest BCUT2D eigenvalue weighted by molar-refractivity contribution is 0.469. The van der Waals surface area contributed by atoms with Gasteiger partial charge in [-0.2, -0.15) is 0 Å². The van der Waals surface area contributed by atoms with Crippen LogP contribution in [0.5, 0.6) is 5.75 Å². The number of fused-ring (bicyclic) bond motifs is 1. The molecule has 0 aliphatic rings. The predicted octanol–water partition coefficient (Wildman–Crippen LogP) is 4.49. The summed E-state index contributed by atoms with van der Waals surface area (Å²) in [4.78, 5) is 2.16. The molecule has 2 nitrogen and oxygen atoms in total. The molecule has 0 radical (unpaired) electrons. The van der Waals surface area contributed by atoms with Crippen molar-refractivity contribution in [2.75, 3.05) is 11.9 Å². The van der Waals surface area contributed by atoms with Gasteiger partial charge in [-0.1, -0.05) is 42.5 Å².